The lowest BCUT2D eigenvalue weighted by molar-refractivity contribution is 0.0155. The molecule has 4 atom stereocenters. The summed E-state index contributed by atoms with van der Waals surface area (Å²) in [4.78, 5) is 16.0. The summed E-state index contributed by atoms with van der Waals surface area (Å²) in [6.07, 6.45) is 1.04. The van der Waals surface area contributed by atoms with Gasteiger partial charge in [0, 0.05) is 21.4 Å². The summed E-state index contributed by atoms with van der Waals surface area (Å²) in [5.74, 6) is 1.63. The molecule has 0 unspecified atom stereocenters. The van der Waals surface area contributed by atoms with Crippen molar-refractivity contribution >= 4 is 32.7 Å². The second kappa shape index (κ2) is 6.21. The van der Waals surface area contributed by atoms with E-state index in [1.165, 1.54) is 0 Å². The van der Waals surface area contributed by atoms with Crippen LogP contribution in [0.3, 0.4) is 0 Å². The molecule has 1 aromatic heterocycles. The van der Waals surface area contributed by atoms with Crippen molar-refractivity contribution in [3.63, 3.8) is 0 Å². The Morgan fingerprint density at radius 2 is 1.96 bits per heavy atom. The van der Waals surface area contributed by atoms with Crippen molar-refractivity contribution in [3.05, 3.63) is 34.4 Å². The Morgan fingerprint density at radius 1 is 1.25 bits per heavy atom. The summed E-state index contributed by atoms with van der Waals surface area (Å²) >= 11 is 3.47. The molecule has 3 nitrogen and oxygen atoms in total. The smallest absolute Gasteiger partial charge is 0.267 e. The number of H-pyrrole nitrogens is 1. The number of hydrogen-bond donors (Lipinski definition) is 2. The lowest BCUT2D eigenvalue weighted by Crippen LogP contribution is -2.52. The van der Waals surface area contributed by atoms with Crippen LogP contribution in [0.15, 0.2) is 28.7 Å². The van der Waals surface area contributed by atoms with Crippen molar-refractivity contribution in [2.24, 2.45) is 23.2 Å². The SMILES string of the molecule is C[C@@H]1[C@@H](NC(=O)c2cc3ccc(Br)cc3[nH]2)C[C@@H](C)C(C)(C)[C@H]1C. The zero-order chi connectivity index (χ0) is 17.6. The normalized spacial score (nSPS) is 29.6. The number of nitrogens with one attached hydrogen (secondary N) is 2. The number of aromatic amines is 1. The Labute approximate surface area is 152 Å². The third-order valence-electron chi connectivity index (χ3n) is 6.62. The van der Waals surface area contributed by atoms with Gasteiger partial charge in [-0.3, -0.25) is 4.79 Å². The van der Waals surface area contributed by atoms with E-state index in [4.69, 9.17) is 0 Å². The van der Waals surface area contributed by atoms with Crippen molar-refractivity contribution in [1.82, 2.24) is 10.3 Å². The van der Waals surface area contributed by atoms with Gasteiger partial charge in [-0.25, -0.2) is 0 Å². The monoisotopic (exact) mass is 390 g/mol. The Bertz CT molecular complexity index is 764. The molecule has 3 rings (SSSR count). The fraction of sp³-hybridized carbons (Fsp3) is 0.550. The van der Waals surface area contributed by atoms with Crippen LogP contribution in [0.2, 0.25) is 0 Å². The minimum atomic E-state index is -0.00159. The maximum atomic E-state index is 12.7. The second-order valence-electron chi connectivity index (χ2n) is 8.10. The number of benzene rings is 1. The highest BCUT2D eigenvalue weighted by Crippen LogP contribution is 2.47. The zero-order valence-corrected chi connectivity index (χ0v) is 16.7. The molecule has 0 bridgehead atoms. The van der Waals surface area contributed by atoms with Crippen LogP contribution in [-0.4, -0.2) is 16.9 Å². The summed E-state index contributed by atoms with van der Waals surface area (Å²) in [5, 5.41) is 4.34. The summed E-state index contributed by atoms with van der Waals surface area (Å²) in [5.41, 5.74) is 1.93. The molecule has 1 heterocycles. The number of carbonyl (C=O) groups excluding carboxylic acids is 1. The summed E-state index contributed by atoms with van der Waals surface area (Å²) in [7, 11) is 0. The molecular weight excluding hydrogens is 364 g/mol. The van der Waals surface area contributed by atoms with Crippen LogP contribution in [0.4, 0.5) is 0 Å². The van der Waals surface area contributed by atoms with E-state index >= 15 is 0 Å². The molecule has 0 aliphatic heterocycles. The van der Waals surface area contributed by atoms with Gasteiger partial charge in [0.1, 0.15) is 5.69 Å². The fourth-order valence-corrected chi connectivity index (χ4v) is 4.39. The Balaban J connectivity index is 1.78. The molecule has 2 aromatic rings. The van der Waals surface area contributed by atoms with E-state index in [0.29, 0.717) is 28.9 Å². The van der Waals surface area contributed by atoms with E-state index in [9.17, 15) is 4.79 Å². The van der Waals surface area contributed by atoms with Gasteiger partial charge in [-0.2, -0.15) is 0 Å². The Morgan fingerprint density at radius 3 is 2.67 bits per heavy atom. The molecule has 130 valence electrons. The number of amides is 1. The Hall–Kier alpha value is -1.29. The van der Waals surface area contributed by atoms with E-state index in [1.54, 1.807) is 0 Å². The molecular formula is C20H27BrN2O. The van der Waals surface area contributed by atoms with Crippen LogP contribution in [0.5, 0.6) is 0 Å². The topological polar surface area (TPSA) is 44.9 Å². The lowest BCUT2D eigenvalue weighted by atomic mass is 9.58. The highest BCUT2D eigenvalue weighted by molar-refractivity contribution is 9.10. The average Bonchev–Trinajstić information content (AvgIpc) is 2.94. The van der Waals surface area contributed by atoms with Crippen LogP contribution in [0, 0.1) is 23.2 Å². The van der Waals surface area contributed by atoms with Crippen molar-refractivity contribution in [3.8, 4) is 0 Å². The van der Waals surface area contributed by atoms with Crippen LogP contribution in [-0.2, 0) is 0 Å². The predicted molar refractivity (Wildman–Crippen MR) is 103 cm³/mol. The summed E-state index contributed by atoms with van der Waals surface area (Å²) < 4.78 is 1.01. The molecule has 1 amide bonds. The molecule has 24 heavy (non-hydrogen) atoms. The van der Waals surface area contributed by atoms with Gasteiger partial charge in [0.25, 0.3) is 5.91 Å². The molecule has 1 aromatic carbocycles. The maximum absolute atomic E-state index is 12.7. The van der Waals surface area contributed by atoms with E-state index in [1.807, 2.05) is 24.3 Å². The highest BCUT2D eigenvalue weighted by Gasteiger charge is 2.44. The van der Waals surface area contributed by atoms with Crippen LogP contribution < -0.4 is 5.32 Å². The lowest BCUT2D eigenvalue weighted by Gasteiger charge is -2.49. The standard InChI is InChI=1S/C20H27BrN2O/c1-11-8-16(12(2)13(3)20(11,4)5)23-19(24)18-9-14-6-7-15(21)10-17(14)22-18/h6-7,9-13,16,22H,8H2,1-5H3,(H,23,24)/t11-,12+,13+,16+/m1/s1. The summed E-state index contributed by atoms with van der Waals surface area (Å²) in [6, 6.07) is 8.17. The molecule has 1 fully saturated rings. The first-order chi connectivity index (χ1) is 11.2. The van der Waals surface area contributed by atoms with Crippen LogP contribution in [0.25, 0.3) is 10.9 Å². The quantitative estimate of drug-likeness (QED) is 0.711. The molecule has 1 aliphatic carbocycles. The average molecular weight is 391 g/mol. The van der Waals surface area contributed by atoms with Gasteiger partial charge in [0.15, 0.2) is 0 Å². The molecule has 0 spiro atoms. The number of rotatable bonds is 2. The minimum absolute atomic E-state index is 0.00159. The zero-order valence-electron chi connectivity index (χ0n) is 15.1. The van der Waals surface area contributed by atoms with Gasteiger partial charge in [-0.15, -0.1) is 0 Å². The number of hydrogen-bond acceptors (Lipinski definition) is 1. The van der Waals surface area contributed by atoms with E-state index in [2.05, 4.69) is 60.8 Å². The van der Waals surface area contributed by atoms with Gasteiger partial charge in [-0.05, 0) is 47.8 Å². The third-order valence-corrected chi connectivity index (χ3v) is 7.11. The first-order valence-electron chi connectivity index (χ1n) is 8.79. The van der Waals surface area contributed by atoms with Gasteiger partial charge >= 0.3 is 0 Å². The minimum Gasteiger partial charge on any atom is -0.350 e. The molecule has 1 saturated carbocycles. The van der Waals surface area contributed by atoms with Gasteiger partial charge < -0.3 is 10.3 Å². The molecule has 0 radical (unpaired) electrons. The third kappa shape index (κ3) is 3.01. The van der Waals surface area contributed by atoms with Crippen LogP contribution in [0.1, 0.15) is 51.5 Å². The number of carbonyl (C=O) groups is 1. The number of fused-ring (bicyclic) bond motifs is 1. The number of halogens is 1. The van der Waals surface area contributed by atoms with Crippen LogP contribution >= 0.6 is 15.9 Å². The first-order valence-corrected chi connectivity index (χ1v) is 9.58. The van der Waals surface area contributed by atoms with Crippen molar-refractivity contribution in [2.75, 3.05) is 0 Å². The van der Waals surface area contributed by atoms with Gasteiger partial charge in [0.2, 0.25) is 0 Å². The number of aromatic nitrogens is 1. The van der Waals surface area contributed by atoms with Gasteiger partial charge in [-0.1, -0.05) is 56.6 Å². The molecule has 4 heteroatoms. The van der Waals surface area contributed by atoms with E-state index in [-0.39, 0.29) is 11.9 Å². The molecule has 0 saturated heterocycles. The van der Waals surface area contributed by atoms with Crippen molar-refractivity contribution in [2.45, 2.75) is 47.1 Å². The largest absolute Gasteiger partial charge is 0.350 e. The first kappa shape index (κ1) is 17.5. The predicted octanol–water partition coefficient (Wildman–Crippen LogP) is 5.37. The molecule has 2 N–H and O–H groups in total. The maximum Gasteiger partial charge on any atom is 0.267 e. The van der Waals surface area contributed by atoms with Crippen molar-refractivity contribution in [1.29, 1.82) is 0 Å². The second-order valence-corrected chi connectivity index (χ2v) is 9.02. The summed E-state index contributed by atoms with van der Waals surface area (Å²) in [6.45, 7) is 11.6. The van der Waals surface area contributed by atoms with Gasteiger partial charge in [0.05, 0.1) is 0 Å². The van der Waals surface area contributed by atoms with Crippen molar-refractivity contribution < 1.29 is 4.79 Å². The Kier molecular flexibility index (Phi) is 4.54. The molecule has 1 aliphatic rings. The van der Waals surface area contributed by atoms with E-state index in [0.717, 1.165) is 21.8 Å². The highest BCUT2D eigenvalue weighted by atomic mass is 79.9. The fourth-order valence-electron chi connectivity index (χ4n) is 4.03. The van der Waals surface area contributed by atoms with E-state index < -0.39 is 0 Å².